The predicted molar refractivity (Wildman–Crippen MR) is 77.1 cm³/mol. The first-order chi connectivity index (χ1) is 9.43. The lowest BCUT2D eigenvalue weighted by Gasteiger charge is -2.37. The molecule has 1 aliphatic heterocycles. The minimum atomic E-state index is 0.603. The molecule has 0 spiro atoms. The quantitative estimate of drug-likeness (QED) is 0.762. The van der Waals surface area contributed by atoms with Gasteiger partial charge in [0.2, 0.25) is 0 Å². The van der Waals surface area contributed by atoms with Gasteiger partial charge in [-0.2, -0.15) is 0 Å². The van der Waals surface area contributed by atoms with Gasteiger partial charge in [-0.05, 0) is 32.2 Å². The molecule has 1 atom stereocenters. The molecule has 1 saturated heterocycles. The highest BCUT2D eigenvalue weighted by atomic mass is 15.2. The van der Waals surface area contributed by atoms with E-state index in [9.17, 15) is 0 Å². The van der Waals surface area contributed by atoms with E-state index in [1.807, 2.05) is 12.4 Å². The van der Waals surface area contributed by atoms with Gasteiger partial charge in [-0.15, -0.1) is 0 Å². The maximum atomic E-state index is 4.51. The predicted octanol–water partition coefficient (Wildman–Crippen LogP) is 3.38. The van der Waals surface area contributed by atoms with Crippen molar-refractivity contribution in [2.75, 3.05) is 13.1 Å². The van der Waals surface area contributed by atoms with Crippen LogP contribution in [0.5, 0.6) is 0 Å². The maximum Gasteiger partial charge on any atom is 0.0630 e. The van der Waals surface area contributed by atoms with Gasteiger partial charge >= 0.3 is 0 Å². The molecule has 104 valence electrons. The Bertz CT molecular complexity index is 371. The minimum Gasteiger partial charge on any atom is -0.300 e. The lowest BCUT2D eigenvalue weighted by atomic mass is 9.92. The SMILES string of the molecule is c1cnc([C@@H]2CCCN(C3CCCCCC3)C2)cn1. The van der Waals surface area contributed by atoms with Crippen molar-refractivity contribution >= 4 is 0 Å². The summed E-state index contributed by atoms with van der Waals surface area (Å²) >= 11 is 0. The molecule has 0 aromatic carbocycles. The third-order valence-corrected chi connectivity index (χ3v) is 4.80. The Kier molecular flexibility index (Phi) is 4.44. The summed E-state index contributed by atoms with van der Waals surface area (Å²) in [6.45, 7) is 2.49. The van der Waals surface area contributed by atoms with Crippen molar-refractivity contribution in [1.82, 2.24) is 14.9 Å². The lowest BCUT2D eigenvalue weighted by Crippen LogP contribution is -2.42. The summed E-state index contributed by atoms with van der Waals surface area (Å²) in [5, 5.41) is 0. The van der Waals surface area contributed by atoms with Crippen molar-refractivity contribution in [3.8, 4) is 0 Å². The largest absolute Gasteiger partial charge is 0.300 e. The number of likely N-dealkylation sites (tertiary alicyclic amines) is 1. The summed E-state index contributed by atoms with van der Waals surface area (Å²) in [5.41, 5.74) is 1.20. The van der Waals surface area contributed by atoms with Crippen LogP contribution < -0.4 is 0 Å². The summed E-state index contributed by atoms with van der Waals surface area (Å²) in [6.07, 6.45) is 16.7. The Balaban J connectivity index is 1.64. The first-order valence-electron chi connectivity index (χ1n) is 7.93. The van der Waals surface area contributed by atoms with Gasteiger partial charge in [0.15, 0.2) is 0 Å². The van der Waals surface area contributed by atoms with Crippen LogP contribution in [0.3, 0.4) is 0 Å². The van der Waals surface area contributed by atoms with Crippen LogP contribution in [0.25, 0.3) is 0 Å². The van der Waals surface area contributed by atoms with Crippen LogP contribution in [0.4, 0.5) is 0 Å². The summed E-state index contributed by atoms with van der Waals surface area (Å²) in [5.74, 6) is 0.603. The van der Waals surface area contributed by atoms with Gasteiger partial charge in [0.25, 0.3) is 0 Å². The molecule has 3 heteroatoms. The normalized spacial score (nSPS) is 27.1. The highest BCUT2D eigenvalue weighted by Crippen LogP contribution is 2.30. The molecule has 2 heterocycles. The summed E-state index contributed by atoms with van der Waals surface area (Å²) in [6, 6.07) is 0.835. The molecular weight excluding hydrogens is 234 g/mol. The van der Waals surface area contributed by atoms with Crippen molar-refractivity contribution in [1.29, 1.82) is 0 Å². The highest BCUT2D eigenvalue weighted by molar-refractivity contribution is 5.06. The summed E-state index contributed by atoms with van der Waals surface area (Å²) < 4.78 is 0. The van der Waals surface area contributed by atoms with Gasteiger partial charge in [-0.1, -0.05) is 25.7 Å². The molecule has 0 N–H and O–H groups in total. The average molecular weight is 259 g/mol. The zero-order chi connectivity index (χ0) is 12.9. The number of piperidine rings is 1. The average Bonchev–Trinajstić information content (AvgIpc) is 2.77. The molecule has 0 bridgehead atoms. The maximum absolute atomic E-state index is 4.51. The van der Waals surface area contributed by atoms with E-state index in [4.69, 9.17) is 0 Å². The van der Waals surface area contributed by atoms with Crippen LogP contribution >= 0.6 is 0 Å². The van der Waals surface area contributed by atoms with Crippen LogP contribution in [-0.2, 0) is 0 Å². The van der Waals surface area contributed by atoms with E-state index in [0.717, 1.165) is 6.04 Å². The van der Waals surface area contributed by atoms with E-state index in [2.05, 4.69) is 14.9 Å². The van der Waals surface area contributed by atoms with Gasteiger partial charge < -0.3 is 0 Å². The lowest BCUT2D eigenvalue weighted by molar-refractivity contribution is 0.134. The zero-order valence-corrected chi connectivity index (χ0v) is 11.8. The molecule has 0 unspecified atom stereocenters. The molecule has 1 aromatic heterocycles. The molecule has 1 aliphatic carbocycles. The van der Waals surface area contributed by atoms with E-state index in [1.54, 1.807) is 6.20 Å². The molecule has 3 nitrogen and oxygen atoms in total. The number of hydrogen-bond donors (Lipinski definition) is 0. The Morgan fingerprint density at radius 1 is 0.947 bits per heavy atom. The Morgan fingerprint density at radius 2 is 1.79 bits per heavy atom. The van der Waals surface area contributed by atoms with Crippen molar-refractivity contribution in [3.05, 3.63) is 24.3 Å². The topological polar surface area (TPSA) is 29.0 Å². The number of nitrogens with zero attached hydrogens (tertiary/aromatic N) is 3. The molecule has 2 aliphatic rings. The van der Waals surface area contributed by atoms with E-state index < -0.39 is 0 Å². The van der Waals surface area contributed by atoms with Crippen molar-refractivity contribution < 1.29 is 0 Å². The third kappa shape index (κ3) is 3.33. The fourth-order valence-electron chi connectivity index (χ4n) is 3.72. The molecule has 1 aromatic rings. The second-order valence-electron chi connectivity index (χ2n) is 6.11. The summed E-state index contributed by atoms with van der Waals surface area (Å²) in [4.78, 5) is 11.5. The molecule has 2 fully saturated rings. The number of aromatic nitrogens is 2. The Morgan fingerprint density at radius 3 is 2.53 bits per heavy atom. The van der Waals surface area contributed by atoms with Crippen LogP contribution in [0.2, 0.25) is 0 Å². The molecule has 0 radical (unpaired) electrons. The van der Waals surface area contributed by atoms with Crippen LogP contribution in [0.15, 0.2) is 18.6 Å². The molecule has 1 saturated carbocycles. The van der Waals surface area contributed by atoms with Gasteiger partial charge in [0.1, 0.15) is 0 Å². The highest BCUT2D eigenvalue weighted by Gasteiger charge is 2.27. The minimum absolute atomic E-state index is 0.603. The van der Waals surface area contributed by atoms with E-state index in [1.165, 1.54) is 70.2 Å². The third-order valence-electron chi connectivity index (χ3n) is 4.80. The second kappa shape index (κ2) is 6.47. The Labute approximate surface area is 116 Å². The van der Waals surface area contributed by atoms with Crippen LogP contribution in [0.1, 0.15) is 63.0 Å². The van der Waals surface area contributed by atoms with E-state index in [0.29, 0.717) is 5.92 Å². The summed E-state index contributed by atoms with van der Waals surface area (Å²) in [7, 11) is 0. The smallest absolute Gasteiger partial charge is 0.0630 e. The first-order valence-corrected chi connectivity index (χ1v) is 7.93. The van der Waals surface area contributed by atoms with Crippen LogP contribution in [0, 0.1) is 0 Å². The van der Waals surface area contributed by atoms with E-state index in [-0.39, 0.29) is 0 Å². The second-order valence-corrected chi connectivity index (χ2v) is 6.11. The van der Waals surface area contributed by atoms with Gasteiger partial charge in [-0.3, -0.25) is 14.9 Å². The molecule has 0 amide bonds. The van der Waals surface area contributed by atoms with Gasteiger partial charge in [0.05, 0.1) is 5.69 Å². The van der Waals surface area contributed by atoms with Gasteiger partial charge in [-0.25, -0.2) is 0 Å². The fourth-order valence-corrected chi connectivity index (χ4v) is 3.72. The first kappa shape index (κ1) is 13.0. The molecule has 19 heavy (non-hydrogen) atoms. The van der Waals surface area contributed by atoms with Crippen molar-refractivity contribution in [2.24, 2.45) is 0 Å². The fraction of sp³-hybridized carbons (Fsp3) is 0.750. The monoisotopic (exact) mass is 259 g/mol. The van der Waals surface area contributed by atoms with E-state index >= 15 is 0 Å². The zero-order valence-electron chi connectivity index (χ0n) is 11.8. The number of rotatable bonds is 2. The standard InChI is InChI=1S/C16H25N3/c1-2-4-8-15(7-3-1)19-11-5-6-14(13-19)16-12-17-9-10-18-16/h9-10,12,14-15H,1-8,11,13H2/t14-/m1/s1. The van der Waals surface area contributed by atoms with Crippen molar-refractivity contribution in [2.45, 2.75) is 63.3 Å². The number of hydrogen-bond acceptors (Lipinski definition) is 3. The van der Waals surface area contributed by atoms with Gasteiger partial charge in [0, 0.05) is 37.1 Å². The van der Waals surface area contributed by atoms with Crippen LogP contribution in [-0.4, -0.2) is 34.0 Å². The molecule has 3 rings (SSSR count). The Hall–Kier alpha value is -0.960. The molecular formula is C16H25N3. The van der Waals surface area contributed by atoms with Crippen molar-refractivity contribution in [3.63, 3.8) is 0 Å².